The number of hydrogen-bond acceptors (Lipinski definition) is 1. The number of amides is 1. The average molecular weight is 195 g/mol. The third-order valence-corrected chi connectivity index (χ3v) is 2.65. The maximum atomic E-state index is 11.3. The lowest BCUT2D eigenvalue weighted by atomic mass is 9.81. The molecule has 0 aliphatic carbocycles. The van der Waals surface area contributed by atoms with Crippen LogP contribution in [0.15, 0.2) is 11.3 Å². The topological polar surface area (TPSA) is 29.1 Å². The number of carbonyl (C=O) groups is 1. The molecule has 0 atom stereocenters. The van der Waals surface area contributed by atoms with E-state index in [1.807, 2.05) is 0 Å². The van der Waals surface area contributed by atoms with Gasteiger partial charge in [-0.2, -0.15) is 0 Å². The minimum absolute atomic E-state index is 0.0513. The van der Waals surface area contributed by atoms with Crippen LogP contribution < -0.4 is 5.32 Å². The van der Waals surface area contributed by atoms with Crippen LogP contribution in [0.5, 0.6) is 0 Å². The van der Waals surface area contributed by atoms with Crippen molar-refractivity contribution in [3.8, 4) is 0 Å². The van der Waals surface area contributed by atoms with Crippen LogP contribution in [-0.4, -0.2) is 5.91 Å². The summed E-state index contributed by atoms with van der Waals surface area (Å²) in [5, 5.41) is 3.03. The van der Waals surface area contributed by atoms with E-state index >= 15 is 0 Å². The molecule has 2 nitrogen and oxygen atoms in total. The van der Waals surface area contributed by atoms with Crippen molar-refractivity contribution >= 4 is 5.91 Å². The molecule has 0 spiro atoms. The number of hydrogen-bond donors (Lipinski definition) is 1. The third kappa shape index (κ3) is 2.37. The van der Waals surface area contributed by atoms with Gasteiger partial charge < -0.3 is 5.32 Å². The maximum Gasteiger partial charge on any atom is 0.224 e. The molecule has 1 rings (SSSR count). The molecule has 1 aliphatic heterocycles. The highest BCUT2D eigenvalue weighted by Gasteiger charge is 2.27. The Morgan fingerprint density at radius 2 is 1.79 bits per heavy atom. The van der Waals surface area contributed by atoms with Crippen LogP contribution >= 0.6 is 0 Å². The number of allylic oxidation sites excluding steroid dienone is 2. The van der Waals surface area contributed by atoms with Crippen molar-refractivity contribution in [2.45, 2.75) is 47.5 Å². The predicted octanol–water partition coefficient (Wildman–Crippen LogP) is 2.85. The lowest BCUT2D eigenvalue weighted by molar-refractivity contribution is -0.121. The van der Waals surface area contributed by atoms with Gasteiger partial charge in [-0.3, -0.25) is 4.79 Å². The van der Waals surface area contributed by atoms with E-state index in [1.165, 1.54) is 5.57 Å². The molecule has 0 aromatic heterocycles. The fraction of sp³-hybridized carbons (Fsp3) is 0.750. The highest BCUT2D eigenvalue weighted by molar-refractivity contribution is 5.79. The summed E-state index contributed by atoms with van der Waals surface area (Å²) in [4.78, 5) is 11.3. The van der Waals surface area contributed by atoms with Gasteiger partial charge in [-0.1, -0.05) is 34.6 Å². The van der Waals surface area contributed by atoms with Crippen molar-refractivity contribution in [1.82, 2.24) is 5.32 Å². The summed E-state index contributed by atoms with van der Waals surface area (Å²) in [6.07, 6.45) is 1.57. The third-order valence-electron chi connectivity index (χ3n) is 2.65. The predicted molar refractivity (Wildman–Crippen MR) is 58.7 cm³/mol. The zero-order chi connectivity index (χ0) is 10.9. The average Bonchev–Trinajstić information content (AvgIpc) is 2.01. The van der Waals surface area contributed by atoms with Gasteiger partial charge in [-0.15, -0.1) is 0 Å². The first-order chi connectivity index (χ1) is 6.32. The monoisotopic (exact) mass is 195 g/mol. The second-order valence-corrected chi connectivity index (χ2v) is 5.35. The second kappa shape index (κ2) is 3.76. The van der Waals surface area contributed by atoms with Gasteiger partial charge >= 0.3 is 0 Å². The minimum Gasteiger partial charge on any atom is -0.329 e. The standard InChI is InChI=1S/C12H21NO/c1-8(2)9-6-7-10(14)13-11(9)12(3,4)5/h8H,6-7H2,1-5H3,(H,13,14). The fourth-order valence-corrected chi connectivity index (χ4v) is 1.90. The van der Waals surface area contributed by atoms with Gasteiger partial charge in [0, 0.05) is 17.5 Å². The molecule has 0 aromatic carbocycles. The molecular weight excluding hydrogens is 174 g/mol. The lowest BCUT2D eigenvalue weighted by Gasteiger charge is -2.32. The van der Waals surface area contributed by atoms with E-state index in [-0.39, 0.29) is 11.3 Å². The van der Waals surface area contributed by atoms with Crippen LogP contribution in [0.3, 0.4) is 0 Å². The number of nitrogens with one attached hydrogen (secondary N) is 1. The highest BCUT2D eigenvalue weighted by Crippen LogP contribution is 2.33. The van der Waals surface area contributed by atoms with Crippen LogP contribution in [0.25, 0.3) is 0 Å². The van der Waals surface area contributed by atoms with Crippen LogP contribution in [-0.2, 0) is 4.79 Å². The van der Waals surface area contributed by atoms with E-state index in [0.29, 0.717) is 12.3 Å². The van der Waals surface area contributed by atoms with Crippen molar-refractivity contribution in [3.05, 3.63) is 11.3 Å². The fourth-order valence-electron chi connectivity index (χ4n) is 1.90. The maximum absolute atomic E-state index is 11.3. The van der Waals surface area contributed by atoms with Crippen LogP contribution in [0, 0.1) is 11.3 Å². The molecule has 14 heavy (non-hydrogen) atoms. The molecule has 1 aliphatic rings. The number of carbonyl (C=O) groups excluding carboxylic acids is 1. The molecule has 0 aromatic rings. The summed E-state index contributed by atoms with van der Waals surface area (Å²) in [5.41, 5.74) is 2.61. The van der Waals surface area contributed by atoms with Crippen molar-refractivity contribution < 1.29 is 4.79 Å². The molecule has 0 radical (unpaired) electrons. The first-order valence-electron chi connectivity index (χ1n) is 5.35. The van der Waals surface area contributed by atoms with Crippen LogP contribution in [0.4, 0.5) is 0 Å². The van der Waals surface area contributed by atoms with Gasteiger partial charge in [0.2, 0.25) is 5.91 Å². The highest BCUT2D eigenvalue weighted by atomic mass is 16.1. The van der Waals surface area contributed by atoms with Crippen LogP contribution in [0.1, 0.15) is 47.5 Å². The number of rotatable bonds is 1. The molecule has 0 bridgehead atoms. The second-order valence-electron chi connectivity index (χ2n) is 5.35. The smallest absolute Gasteiger partial charge is 0.224 e. The molecule has 0 saturated carbocycles. The summed E-state index contributed by atoms with van der Waals surface area (Å²) < 4.78 is 0. The summed E-state index contributed by atoms with van der Waals surface area (Å²) in [6.45, 7) is 10.8. The van der Waals surface area contributed by atoms with Gasteiger partial charge in [-0.25, -0.2) is 0 Å². The Hall–Kier alpha value is -0.790. The summed E-state index contributed by atoms with van der Waals surface area (Å²) in [6, 6.07) is 0. The molecule has 1 heterocycles. The first-order valence-corrected chi connectivity index (χ1v) is 5.35. The molecule has 2 heteroatoms. The van der Waals surface area contributed by atoms with Gasteiger partial charge in [0.25, 0.3) is 0 Å². The van der Waals surface area contributed by atoms with Gasteiger partial charge in [0.05, 0.1) is 0 Å². The van der Waals surface area contributed by atoms with Crippen molar-refractivity contribution in [2.75, 3.05) is 0 Å². The van der Waals surface area contributed by atoms with Crippen molar-refractivity contribution in [1.29, 1.82) is 0 Å². The van der Waals surface area contributed by atoms with Gasteiger partial charge in [-0.05, 0) is 17.9 Å². The largest absolute Gasteiger partial charge is 0.329 e. The van der Waals surface area contributed by atoms with E-state index in [0.717, 1.165) is 12.1 Å². The molecule has 0 fully saturated rings. The van der Waals surface area contributed by atoms with E-state index in [9.17, 15) is 4.79 Å². The SMILES string of the molecule is CC(C)C1=C(C(C)(C)C)NC(=O)CC1. The molecule has 1 amide bonds. The summed E-state index contributed by atoms with van der Waals surface area (Å²) in [5.74, 6) is 0.698. The zero-order valence-corrected chi connectivity index (χ0v) is 9.90. The van der Waals surface area contributed by atoms with E-state index in [1.54, 1.807) is 0 Å². The summed E-state index contributed by atoms with van der Waals surface area (Å²) >= 11 is 0. The van der Waals surface area contributed by atoms with Crippen molar-refractivity contribution in [3.63, 3.8) is 0 Å². The lowest BCUT2D eigenvalue weighted by Crippen LogP contribution is -2.35. The Morgan fingerprint density at radius 3 is 2.21 bits per heavy atom. The Kier molecular flexibility index (Phi) is 3.03. The van der Waals surface area contributed by atoms with E-state index < -0.39 is 0 Å². The van der Waals surface area contributed by atoms with Gasteiger partial charge in [0.1, 0.15) is 0 Å². The quantitative estimate of drug-likeness (QED) is 0.685. The Morgan fingerprint density at radius 1 is 1.21 bits per heavy atom. The van der Waals surface area contributed by atoms with Crippen molar-refractivity contribution in [2.24, 2.45) is 11.3 Å². The van der Waals surface area contributed by atoms with E-state index in [2.05, 4.69) is 39.9 Å². The zero-order valence-electron chi connectivity index (χ0n) is 9.90. The normalized spacial score (nSPS) is 18.9. The molecule has 80 valence electrons. The molecule has 1 N–H and O–H groups in total. The summed E-state index contributed by atoms with van der Waals surface area (Å²) in [7, 11) is 0. The molecule has 0 unspecified atom stereocenters. The molecular formula is C12H21NO. The van der Waals surface area contributed by atoms with Crippen LogP contribution in [0.2, 0.25) is 0 Å². The Balaban J connectivity index is 3.07. The first kappa shape index (κ1) is 11.3. The van der Waals surface area contributed by atoms with E-state index in [4.69, 9.17) is 0 Å². The molecule has 0 saturated heterocycles. The minimum atomic E-state index is 0.0513. The Labute approximate surface area is 86.8 Å². The Bertz CT molecular complexity index is 269. The van der Waals surface area contributed by atoms with Gasteiger partial charge in [0.15, 0.2) is 0 Å².